The van der Waals surface area contributed by atoms with E-state index in [1.165, 1.54) is 16.4 Å². The molecule has 1 heterocycles. The molecule has 0 aromatic heterocycles. The normalized spacial score (nSPS) is 15.1. The molecule has 1 N–H and O–H groups in total. The number of amides is 1. The number of anilines is 1. The zero-order valence-electron chi connectivity index (χ0n) is 19.2. The van der Waals surface area contributed by atoms with E-state index in [2.05, 4.69) is 10.2 Å². The molecule has 0 saturated carbocycles. The summed E-state index contributed by atoms with van der Waals surface area (Å²) in [5.41, 5.74) is 2.57. The Morgan fingerprint density at radius 2 is 1.53 bits per heavy atom. The molecular weight excluding hydrogens is 450 g/mol. The number of benzene rings is 3. The molecule has 178 valence electrons. The van der Waals surface area contributed by atoms with Gasteiger partial charge in [-0.15, -0.1) is 0 Å². The summed E-state index contributed by atoms with van der Waals surface area (Å²) >= 11 is 0. The highest BCUT2D eigenvalue weighted by molar-refractivity contribution is 7.89. The van der Waals surface area contributed by atoms with Crippen LogP contribution in [0.5, 0.6) is 5.75 Å². The van der Waals surface area contributed by atoms with Crippen molar-refractivity contribution >= 4 is 21.6 Å². The van der Waals surface area contributed by atoms with E-state index < -0.39 is 10.0 Å². The van der Waals surface area contributed by atoms with Gasteiger partial charge in [-0.05, 0) is 42.9 Å². The highest BCUT2D eigenvalue weighted by Crippen LogP contribution is 2.29. The Bertz CT molecular complexity index is 1210. The van der Waals surface area contributed by atoms with Gasteiger partial charge in [-0.1, -0.05) is 48.5 Å². The largest absolute Gasteiger partial charge is 0.492 e. The smallest absolute Gasteiger partial charge is 0.243 e. The van der Waals surface area contributed by atoms with Crippen LogP contribution in [0.2, 0.25) is 0 Å². The molecule has 3 aromatic carbocycles. The van der Waals surface area contributed by atoms with Crippen molar-refractivity contribution in [2.45, 2.75) is 11.3 Å². The van der Waals surface area contributed by atoms with E-state index in [4.69, 9.17) is 4.74 Å². The summed E-state index contributed by atoms with van der Waals surface area (Å²) in [5.74, 6) is 0.520. The van der Waals surface area contributed by atoms with E-state index in [1.807, 2.05) is 61.6 Å². The molecule has 0 spiro atoms. The van der Waals surface area contributed by atoms with Crippen LogP contribution in [0.15, 0.2) is 83.8 Å². The Hall–Kier alpha value is -3.20. The van der Waals surface area contributed by atoms with Crippen LogP contribution in [0.25, 0.3) is 11.1 Å². The van der Waals surface area contributed by atoms with E-state index in [9.17, 15) is 13.2 Å². The maximum absolute atomic E-state index is 12.8. The lowest BCUT2D eigenvalue weighted by Crippen LogP contribution is -2.46. The number of hydrogen-bond donors (Lipinski definition) is 1. The zero-order valence-corrected chi connectivity index (χ0v) is 20.0. The molecule has 1 fully saturated rings. The second kappa shape index (κ2) is 10.8. The summed E-state index contributed by atoms with van der Waals surface area (Å²) in [6.07, 6.45) is 0.171. The average molecular weight is 480 g/mol. The fourth-order valence-electron chi connectivity index (χ4n) is 3.81. The molecule has 3 aromatic rings. The Labute approximate surface area is 201 Å². The Morgan fingerprint density at radius 3 is 2.24 bits per heavy atom. The Morgan fingerprint density at radius 1 is 0.882 bits per heavy atom. The first-order valence-corrected chi connectivity index (χ1v) is 12.7. The third-order valence-electron chi connectivity index (χ3n) is 5.80. The van der Waals surface area contributed by atoms with Gasteiger partial charge in [-0.25, -0.2) is 8.42 Å². The molecule has 0 unspecified atom stereocenters. The Kier molecular flexibility index (Phi) is 7.62. The van der Waals surface area contributed by atoms with E-state index in [0.717, 1.165) is 16.9 Å². The first-order chi connectivity index (χ1) is 16.4. The van der Waals surface area contributed by atoms with Crippen LogP contribution in [0.4, 0.5) is 5.69 Å². The lowest BCUT2D eigenvalue weighted by molar-refractivity contribution is -0.116. The van der Waals surface area contributed by atoms with Crippen LogP contribution in [0.3, 0.4) is 0 Å². The average Bonchev–Trinajstić information content (AvgIpc) is 2.85. The van der Waals surface area contributed by atoms with Gasteiger partial charge in [0.25, 0.3) is 0 Å². The summed E-state index contributed by atoms with van der Waals surface area (Å²) < 4.78 is 33.1. The van der Waals surface area contributed by atoms with Gasteiger partial charge >= 0.3 is 0 Å². The monoisotopic (exact) mass is 479 g/mol. The summed E-state index contributed by atoms with van der Waals surface area (Å²) in [6.45, 7) is 2.61. The first kappa shape index (κ1) is 23.9. The molecule has 1 amide bonds. The van der Waals surface area contributed by atoms with Crippen LogP contribution < -0.4 is 10.1 Å². The molecule has 7 nitrogen and oxygen atoms in total. The van der Waals surface area contributed by atoms with Gasteiger partial charge in [0.2, 0.25) is 15.9 Å². The van der Waals surface area contributed by atoms with Crippen LogP contribution in [0.1, 0.15) is 6.42 Å². The zero-order chi connectivity index (χ0) is 24.0. The fourth-order valence-corrected chi connectivity index (χ4v) is 5.24. The van der Waals surface area contributed by atoms with Gasteiger partial charge in [-0.3, -0.25) is 4.79 Å². The van der Waals surface area contributed by atoms with E-state index in [1.54, 1.807) is 12.1 Å². The number of rotatable bonds is 8. The minimum absolute atomic E-state index is 0.171. The van der Waals surface area contributed by atoms with Gasteiger partial charge < -0.3 is 15.0 Å². The van der Waals surface area contributed by atoms with Crippen molar-refractivity contribution in [2.75, 3.05) is 45.2 Å². The van der Waals surface area contributed by atoms with Crippen LogP contribution in [0, 0.1) is 0 Å². The molecule has 0 radical (unpaired) electrons. The van der Waals surface area contributed by atoms with E-state index >= 15 is 0 Å². The van der Waals surface area contributed by atoms with E-state index in [0.29, 0.717) is 31.9 Å². The number of hydrogen-bond acceptors (Lipinski definition) is 5. The molecular formula is C26H29N3O4S. The van der Waals surface area contributed by atoms with Crippen LogP contribution in [-0.4, -0.2) is 63.4 Å². The maximum Gasteiger partial charge on any atom is 0.243 e. The highest BCUT2D eigenvalue weighted by Gasteiger charge is 2.27. The number of sulfonamides is 1. The van der Waals surface area contributed by atoms with Gasteiger partial charge in [0.05, 0.1) is 17.9 Å². The second-order valence-electron chi connectivity index (χ2n) is 8.24. The van der Waals surface area contributed by atoms with Gasteiger partial charge in [-0.2, -0.15) is 4.31 Å². The van der Waals surface area contributed by atoms with Crippen molar-refractivity contribution in [1.82, 2.24) is 9.21 Å². The molecule has 0 aliphatic carbocycles. The van der Waals surface area contributed by atoms with Crippen LogP contribution in [-0.2, 0) is 14.8 Å². The summed E-state index contributed by atoms with van der Waals surface area (Å²) in [5, 5.41) is 2.80. The number of piperazine rings is 1. The molecule has 34 heavy (non-hydrogen) atoms. The summed E-state index contributed by atoms with van der Waals surface area (Å²) in [4.78, 5) is 14.7. The number of para-hydroxylation sites is 1. The molecule has 0 bridgehead atoms. The van der Waals surface area contributed by atoms with Crippen LogP contribution >= 0.6 is 0 Å². The number of nitrogens with zero attached hydrogens (tertiary/aromatic N) is 2. The number of carbonyl (C=O) groups is 1. The molecule has 1 aliphatic heterocycles. The molecule has 1 saturated heterocycles. The minimum atomic E-state index is -3.53. The highest BCUT2D eigenvalue weighted by atomic mass is 32.2. The predicted octanol–water partition coefficient (Wildman–Crippen LogP) is 3.70. The number of carbonyl (C=O) groups excluding carboxylic acids is 1. The first-order valence-electron chi connectivity index (χ1n) is 11.3. The van der Waals surface area contributed by atoms with Crippen molar-refractivity contribution in [3.63, 3.8) is 0 Å². The molecule has 8 heteroatoms. The van der Waals surface area contributed by atoms with Crippen molar-refractivity contribution < 1.29 is 17.9 Å². The second-order valence-corrected chi connectivity index (χ2v) is 10.2. The predicted molar refractivity (Wildman–Crippen MR) is 133 cm³/mol. The van der Waals surface area contributed by atoms with Crippen molar-refractivity contribution in [3.05, 3.63) is 78.9 Å². The quantitative estimate of drug-likeness (QED) is 0.533. The molecule has 1 aliphatic rings. The van der Waals surface area contributed by atoms with E-state index in [-0.39, 0.29) is 23.8 Å². The Balaban J connectivity index is 1.31. The number of nitrogens with one attached hydrogen (secondary N) is 1. The van der Waals surface area contributed by atoms with Gasteiger partial charge in [0.1, 0.15) is 5.75 Å². The lowest BCUT2D eigenvalue weighted by atomic mass is 10.1. The number of ether oxygens (including phenoxy) is 1. The van der Waals surface area contributed by atoms with Gasteiger partial charge in [0, 0.05) is 37.4 Å². The van der Waals surface area contributed by atoms with Crippen molar-refractivity contribution in [1.29, 1.82) is 0 Å². The minimum Gasteiger partial charge on any atom is -0.492 e. The number of likely N-dealkylation sites (N-methyl/N-ethyl adjacent to an activating group) is 1. The lowest BCUT2D eigenvalue weighted by Gasteiger charge is -2.31. The van der Waals surface area contributed by atoms with Crippen molar-refractivity contribution in [3.8, 4) is 16.9 Å². The van der Waals surface area contributed by atoms with Crippen molar-refractivity contribution in [2.24, 2.45) is 0 Å². The SMILES string of the molecule is CN1CCN(S(=O)(=O)c2ccc(NC(=O)CCOc3ccccc3-c3ccccc3)cc2)CC1. The standard InChI is InChI=1S/C26H29N3O4S/c1-28-16-18-29(19-17-28)34(31,32)23-13-11-22(12-14-23)27-26(30)15-20-33-25-10-6-5-9-24(25)21-7-3-2-4-8-21/h2-14H,15-20H2,1H3,(H,27,30). The maximum atomic E-state index is 12.8. The third kappa shape index (κ3) is 5.83. The summed E-state index contributed by atoms with van der Waals surface area (Å²) in [7, 11) is -1.55. The topological polar surface area (TPSA) is 79.0 Å². The fraction of sp³-hybridized carbons (Fsp3) is 0.269. The third-order valence-corrected chi connectivity index (χ3v) is 7.71. The summed E-state index contributed by atoms with van der Waals surface area (Å²) in [6, 6.07) is 24.0. The molecule has 0 atom stereocenters. The van der Waals surface area contributed by atoms with Gasteiger partial charge in [0.15, 0.2) is 0 Å². The molecule has 4 rings (SSSR count).